The molecule has 0 saturated heterocycles. The maximum Gasteiger partial charge on any atom is 0.175 e. The molecule has 1 aromatic carbocycles. The summed E-state index contributed by atoms with van der Waals surface area (Å²) in [5.74, 6) is -0.307. The Labute approximate surface area is 89.1 Å². The first-order valence-electron chi connectivity index (χ1n) is 4.50. The molecule has 0 saturated carbocycles. The molecular weight excluding hydrogens is 216 g/mol. The normalized spacial score (nSPS) is 13.8. The van der Waals surface area contributed by atoms with Crippen LogP contribution in [0.2, 0.25) is 0 Å². The second-order valence-corrected chi connectivity index (χ2v) is 5.59. The molecule has 0 aliphatic rings. The first-order chi connectivity index (χ1) is 6.86. The number of benzene rings is 1. The van der Waals surface area contributed by atoms with Crippen LogP contribution in [0.15, 0.2) is 23.1 Å². The van der Waals surface area contributed by atoms with Gasteiger partial charge in [0.2, 0.25) is 0 Å². The standard InChI is InChI=1S/C10H14O4S/c1-7(6-11)9-4-3-8(5-10(9)12)15(2,13)14/h3-5,7,11-12H,6H2,1-2H3. The molecule has 1 atom stereocenters. The number of hydrogen-bond donors (Lipinski definition) is 2. The summed E-state index contributed by atoms with van der Waals surface area (Å²) in [7, 11) is -3.30. The maximum atomic E-state index is 11.2. The summed E-state index contributed by atoms with van der Waals surface area (Å²) in [5, 5.41) is 18.5. The smallest absolute Gasteiger partial charge is 0.175 e. The third-order valence-electron chi connectivity index (χ3n) is 2.23. The monoisotopic (exact) mass is 230 g/mol. The van der Waals surface area contributed by atoms with Crippen LogP contribution in [0.4, 0.5) is 0 Å². The number of aliphatic hydroxyl groups is 1. The van der Waals surface area contributed by atoms with Gasteiger partial charge in [0.05, 0.1) is 4.90 Å². The Morgan fingerprint density at radius 2 is 2.00 bits per heavy atom. The van der Waals surface area contributed by atoms with Gasteiger partial charge in [0.1, 0.15) is 5.75 Å². The molecule has 0 aliphatic carbocycles. The van der Waals surface area contributed by atoms with Crippen molar-refractivity contribution in [2.24, 2.45) is 0 Å². The van der Waals surface area contributed by atoms with Crippen LogP contribution >= 0.6 is 0 Å². The van der Waals surface area contributed by atoms with Gasteiger partial charge in [-0.05, 0) is 17.7 Å². The molecule has 1 rings (SSSR count). The summed E-state index contributed by atoms with van der Waals surface area (Å²) in [5.41, 5.74) is 0.546. The van der Waals surface area contributed by atoms with Gasteiger partial charge in [0.25, 0.3) is 0 Å². The van der Waals surface area contributed by atoms with Crippen LogP contribution in [0, 0.1) is 0 Å². The van der Waals surface area contributed by atoms with Crippen molar-refractivity contribution in [1.82, 2.24) is 0 Å². The number of rotatable bonds is 3. The Morgan fingerprint density at radius 3 is 2.40 bits per heavy atom. The zero-order valence-corrected chi connectivity index (χ0v) is 9.45. The van der Waals surface area contributed by atoms with E-state index in [0.717, 1.165) is 6.26 Å². The van der Waals surface area contributed by atoms with Gasteiger partial charge in [-0.3, -0.25) is 0 Å². The van der Waals surface area contributed by atoms with E-state index in [9.17, 15) is 13.5 Å². The molecule has 1 unspecified atom stereocenters. The molecule has 84 valence electrons. The van der Waals surface area contributed by atoms with Crippen molar-refractivity contribution >= 4 is 9.84 Å². The van der Waals surface area contributed by atoms with Crippen molar-refractivity contribution in [2.75, 3.05) is 12.9 Å². The molecule has 0 spiro atoms. The Kier molecular flexibility index (Phi) is 3.36. The number of aliphatic hydroxyl groups excluding tert-OH is 1. The van der Waals surface area contributed by atoms with E-state index in [-0.39, 0.29) is 23.2 Å². The van der Waals surface area contributed by atoms with Crippen molar-refractivity contribution in [3.8, 4) is 5.75 Å². The minimum Gasteiger partial charge on any atom is -0.508 e. The van der Waals surface area contributed by atoms with E-state index in [0.29, 0.717) is 5.56 Å². The first kappa shape index (κ1) is 12.0. The third kappa shape index (κ3) is 2.70. The van der Waals surface area contributed by atoms with Crippen LogP contribution in [-0.4, -0.2) is 31.5 Å². The van der Waals surface area contributed by atoms with Crippen molar-refractivity contribution in [3.63, 3.8) is 0 Å². The van der Waals surface area contributed by atoms with Gasteiger partial charge in [-0.15, -0.1) is 0 Å². The van der Waals surface area contributed by atoms with Gasteiger partial charge in [-0.1, -0.05) is 13.0 Å². The average Bonchev–Trinajstić information content (AvgIpc) is 2.15. The average molecular weight is 230 g/mol. The molecule has 0 fully saturated rings. The number of sulfone groups is 1. The fourth-order valence-electron chi connectivity index (χ4n) is 1.27. The van der Waals surface area contributed by atoms with Crippen LogP contribution in [-0.2, 0) is 9.84 Å². The molecule has 0 bridgehead atoms. The van der Waals surface area contributed by atoms with Crippen molar-refractivity contribution < 1.29 is 18.6 Å². The summed E-state index contributed by atoms with van der Waals surface area (Å²) < 4.78 is 22.4. The van der Waals surface area contributed by atoms with Gasteiger partial charge in [-0.25, -0.2) is 8.42 Å². The Bertz CT molecular complexity index is 450. The summed E-state index contributed by atoms with van der Waals surface area (Å²) in [6.07, 6.45) is 1.08. The molecule has 0 radical (unpaired) electrons. The SMILES string of the molecule is CC(CO)c1ccc(S(C)(=O)=O)cc1O. The molecular formula is C10H14O4S. The highest BCUT2D eigenvalue weighted by molar-refractivity contribution is 7.90. The summed E-state index contributed by atoms with van der Waals surface area (Å²) in [4.78, 5) is 0.0777. The molecule has 0 amide bonds. The van der Waals surface area contributed by atoms with Gasteiger partial charge < -0.3 is 10.2 Å². The summed E-state index contributed by atoms with van der Waals surface area (Å²) >= 11 is 0. The van der Waals surface area contributed by atoms with Gasteiger partial charge in [0.15, 0.2) is 9.84 Å². The van der Waals surface area contributed by atoms with Crippen LogP contribution < -0.4 is 0 Å². The highest BCUT2D eigenvalue weighted by Gasteiger charge is 2.13. The first-order valence-corrected chi connectivity index (χ1v) is 6.39. The fraction of sp³-hybridized carbons (Fsp3) is 0.400. The van der Waals surface area contributed by atoms with E-state index in [1.807, 2.05) is 0 Å². The summed E-state index contributed by atoms with van der Waals surface area (Å²) in [6, 6.07) is 4.15. The highest BCUT2D eigenvalue weighted by atomic mass is 32.2. The van der Waals surface area contributed by atoms with E-state index in [1.54, 1.807) is 6.92 Å². The second kappa shape index (κ2) is 4.20. The van der Waals surface area contributed by atoms with Gasteiger partial charge in [0, 0.05) is 18.8 Å². The number of phenols is 1. The maximum absolute atomic E-state index is 11.2. The molecule has 5 heteroatoms. The van der Waals surface area contributed by atoms with Gasteiger partial charge in [-0.2, -0.15) is 0 Å². The Morgan fingerprint density at radius 1 is 1.40 bits per heavy atom. The van der Waals surface area contributed by atoms with Gasteiger partial charge >= 0.3 is 0 Å². The lowest BCUT2D eigenvalue weighted by molar-refractivity contribution is 0.270. The topological polar surface area (TPSA) is 74.6 Å². The predicted octanol–water partition coefficient (Wildman–Crippen LogP) is 0.891. The van der Waals surface area contributed by atoms with Crippen molar-refractivity contribution in [3.05, 3.63) is 23.8 Å². The minimum absolute atomic E-state index is 0.0777. The second-order valence-electron chi connectivity index (χ2n) is 3.58. The van der Waals surface area contributed by atoms with Crippen LogP contribution in [0.1, 0.15) is 18.4 Å². The molecule has 15 heavy (non-hydrogen) atoms. The van der Waals surface area contributed by atoms with Crippen LogP contribution in [0.25, 0.3) is 0 Å². The lowest BCUT2D eigenvalue weighted by Crippen LogP contribution is -2.02. The van der Waals surface area contributed by atoms with E-state index in [1.165, 1.54) is 18.2 Å². The third-order valence-corrected chi connectivity index (χ3v) is 3.35. The molecule has 4 nitrogen and oxygen atoms in total. The zero-order chi connectivity index (χ0) is 11.6. The van der Waals surface area contributed by atoms with Crippen LogP contribution in [0.5, 0.6) is 5.75 Å². The van der Waals surface area contributed by atoms with E-state index >= 15 is 0 Å². The molecule has 2 N–H and O–H groups in total. The largest absolute Gasteiger partial charge is 0.508 e. The molecule has 0 aromatic heterocycles. The minimum atomic E-state index is -3.30. The van der Waals surface area contributed by atoms with E-state index in [2.05, 4.69) is 0 Å². The quantitative estimate of drug-likeness (QED) is 0.808. The Hall–Kier alpha value is -1.07. The highest BCUT2D eigenvalue weighted by Crippen LogP contribution is 2.27. The fourth-order valence-corrected chi connectivity index (χ4v) is 1.91. The zero-order valence-electron chi connectivity index (χ0n) is 8.64. The lowest BCUT2D eigenvalue weighted by atomic mass is 10.0. The van der Waals surface area contributed by atoms with E-state index in [4.69, 9.17) is 5.11 Å². The number of hydrogen-bond acceptors (Lipinski definition) is 4. The number of phenolic OH excluding ortho intramolecular Hbond substituents is 1. The van der Waals surface area contributed by atoms with Crippen LogP contribution in [0.3, 0.4) is 0 Å². The Balaban J connectivity index is 3.20. The molecule has 0 aliphatic heterocycles. The predicted molar refractivity (Wildman–Crippen MR) is 56.7 cm³/mol. The van der Waals surface area contributed by atoms with E-state index < -0.39 is 9.84 Å². The van der Waals surface area contributed by atoms with Crippen molar-refractivity contribution in [2.45, 2.75) is 17.7 Å². The molecule has 1 aromatic rings. The lowest BCUT2D eigenvalue weighted by Gasteiger charge is -2.11. The molecule has 0 heterocycles. The number of aromatic hydroxyl groups is 1. The van der Waals surface area contributed by atoms with Crippen molar-refractivity contribution in [1.29, 1.82) is 0 Å². The summed E-state index contributed by atoms with van der Waals surface area (Å²) in [6.45, 7) is 1.65.